The predicted octanol–water partition coefficient (Wildman–Crippen LogP) is 4.84. The van der Waals surface area contributed by atoms with Gasteiger partial charge in [0.25, 0.3) is 5.91 Å². The summed E-state index contributed by atoms with van der Waals surface area (Å²) >= 11 is 5.67. The molecule has 31 heavy (non-hydrogen) atoms. The standard InChI is InChI=1S/C20H15ClF4N2O4/c1-10-3-4-15(22)12(5-10)9-27(2)19(30)13(8-26)17(28)11-6-14(21)18(29)16(7-11)31-20(23,24)25/h3-7,28-29H,9H2,1-2H3/b17-13-. The van der Waals surface area contributed by atoms with Crippen molar-refractivity contribution in [2.45, 2.75) is 19.8 Å². The number of aliphatic hydroxyl groups is 1. The molecule has 0 aliphatic heterocycles. The van der Waals surface area contributed by atoms with Gasteiger partial charge in [0.2, 0.25) is 0 Å². The van der Waals surface area contributed by atoms with Crippen LogP contribution in [-0.4, -0.2) is 34.4 Å². The van der Waals surface area contributed by atoms with Crippen LogP contribution in [0.4, 0.5) is 17.6 Å². The zero-order chi connectivity index (χ0) is 23.5. The number of aliphatic hydroxyl groups excluding tert-OH is 1. The number of benzene rings is 2. The molecule has 0 saturated carbocycles. The van der Waals surface area contributed by atoms with E-state index in [4.69, 9.17) is 11.6 Å². The second kappa shape index (κ2) is 9.14. The molecule has 0 aromatic heterocycles. The van der Waals surface area contributed by atoms with Crippen molar-refractivity contribution in [3.05, 3.63) is 63.4 Å². The molecule has 6 nitrogen and oxygen atoms in total. The Morgan fingerprint density at radius 1 is 1.29 bits per heavy atom. The SMILES string of the molecule is Cc1ccc(F)c(CN(C)C(=O)/C(C#N)=C(\O)c2cc(Cl)c(O)c(OC(F)(F)F)c2)c1. The fourth-order valence-corrected chi connectivity index (χ4v) is 2.81. The van der Waals surface area contributed by atoms with Crippen LogP contribution in [0.25, 0.3) is 5.76 Å². The first-order valence-corrected chi connectivity index (χ1v) is 8.84. The second-order valence-corrected chi connectivity index (χ2v) is 6.85. The van der Waals surface area contributed by atoms with Crippen molar-refractivity contribution in [2.24, 2.45) is 0 Å². The Balaban J connectivity index is 2.43. The van der Waals surface area contributed by atoms with Crippen LogP contribution in [-0.2, 0) is 11.3 Å². The van der Waals surface area contributed by atoms with Gasteiger partial charge in [-0.15, -0.1) is 13.2 Å². The summed E-state index contributed by atoms with van der Waals surface area (Å²) in [7, 11) is 1.25. The summed E-state index contributed by atoms with van der Waals surface area (Å²) in [5.41, 5.74) is -0.439. The summed E-state index contributed by atoms with van der Waals surface area (Å²) in [6.07, 6.45) is -5.18. The molecule has 0 spiro atoms. The van der Waals surface area contributed by atoms with Crippen LogP contribution in [0.5, 0.6) is 11.5 Å². The number of nitriles is 1. The van der Waals surface area contributed by atoms with Gasteiger partial charge in [-0.05, 0) is 25.1 Å². The maximum Gasteiger partial charge on any atom is 0.573 e. The molecule has 0 unspecified atom stereocenters. The number of alkyl halides is 3. The molecule has 2 rings (SSSR count). The summed E-state index contributed by atoms with van der Waals surface area (Å²) in [6, 6.07) is 7.12. The number of rotatable bonds is 5. The van der Waals surface area contributed by atoms with Crippen LogP contribution in [0.15, 0.2) is 35.9 Å². The molecule has 2 aromatic carbocycles. The van der Waals surface area contributed by atoms with Gasteiger partial charge in [0.1, 0.15) is 17.6 Å². The third-order valence-electron chi connectivity index (χ3n) is 4.05. The lowest BCUT2D eigenvalue weighted by Crippen LogP contribution is -2.28. The number of halogens is 5. The number of phenolic OH excluding ortho intramolecular Hbond substituents is 1. The van der Waals surface area contributed by atoms with E-state index >= 15 is 0 Å². The quantitative estimate of drug-likeness (QED) is 0.289. The topological polar surface area (TPSA) is 93.8 Å². The highest BCUT2D eigenvalue weighted by atomic mass is 35.5. The Bertz CT molecular complexity index is 1090. The van der Waals surface area contributed by atoms with Crippen molar-refractivity contribution < 1.29 is 37.3 Å². The maximum absolute atomic E-state index is 14.0. The number of likely N-dealkylation sites (N-methyl/N-ethyl adjacent to an activating group) is 1. The van der Waals surface area contributed by atoms with Gasteiger partial charge < -0.3 is 19.8 Å². The van der Waals surface area contributed by atoms with Gasteiger partial charge in [-0.2, -0.15) is 5.26 Å². The molecular weight excluding hydrogens is 444 g/mol. The van der Waals surface area contributed by atoms with Crippen LogP contribution >= 0.6 is 11.6 Å². The molecule has 0 atom stereocenters. The molecule has 0 aliphatic rings. The van der Waals surface area contributed by atoms with E-state index in [-0.39, 0.29) is 12.1 Å². The van der Waals surface area contributed by atoms with Crippen molar-refractivity contribution in [3.8, 4) is 17.6 Å². The number of carbonyl (C=O) groups is 1. The van der Waals surface area contributed by atoms with E-state index in [0.29, 0.717) is 6.07 Å². The molecule has 0 radical (unpaired) electrons. The molecule has 11 heteroatoms. The van der Waals surface area contributed by atoms with Crippen molar-refractivity contribution >= 4 is 23.3 Å². The first kappa shape index (κ1) is 23.8. The van der Waals surface area contributed by atoms with E-state index in [1.807, 2.05) is 0 Å². The molecule has 0 aliphatic carbocycles. The molecule has 2 N–H and O–H groups in total. The lowest BCUT2D eigenvalue weighted by atomic mass is 10.1. The molecule has 164 valence electrons. The van der Waals surface area contributed by atoms with E-state index < -0.39 is 51.5 Å². The predicted molar refractivity (Wildman–Crippen MR) is 103 cm³/mol. The minimum atomic E-state index is -5.18. The van der Waals surface area contributed by atoms with Gasteiger partial charge in [-0.1, -0.05) is 29.3 Å². The highest BCUT2D eigenvalue weighted by molar-refractivity contribution is 6.32. The summed E-state index contributed by atoms with van der Waals surface area (Å²) in [5.74, 6) is -4.80. The number of hydrogen-bond donors (Lipinski definition) is 2. The first-order chi connectivity index (χ1) is 14.3. The molecule has 0 saturated heterocycles. The van der Waals surface area contributed by atoms with Crippen LogP contribution in [0.1, 0.15) is 16.7 Å². The van der Waals surface area contributed by atoms with E-state index in [9.17, 15) is 37.8 Å². The highest BCUT2D eigenvalue weighted by Gasteiger charge is 2.33. The van der Waals surface area contributed by atoms with E-state index in [2.05, 4.69) is 4.74 Å². The maximum atomic E-state index is 14.0. The second-order valence-electron chi connectivity index (χ2n) is 6.44. The fraction of sp³-hybridized carbons (Fsp3) is 0.200. The molecule has 0 heterocycles. The van der Waals surface area contributed by atoms with Gasteiger partial charge in [0.15, 0.2) is 17.1 Å². The third-order valence-corrected chi connectivity index (χ3v) is 4.33. The monoisotopic (exact) mass is 458 g/mol. The summed E-state index contributed by atoms with van der Waals surface area (Å²) in [5, 5.41) is 28.7. The van der Waals surface area contributed by atoms with Crippen LogP contribution in [0.2, 0.25) is 5.02 Å². The number of phenols is 1. The fourth-order valence-electron chi connectivity index (χ4n) is 2.60. The van der Waals surface area contributed by atoms with Crippen molar-refractivity contribution in [3.63, 3.8) is 0 Å². The normalized spacial score (nSPS) is 12.1. The van der Waals surface area contributed by atoms with Gasteiger partial charge in [-0.3, -0.25) is 4.79 Å². The third kappa shape index (κ3) is 5.79. The van der Waals surface area contributed by atoms with Gasteiger partial charge in [0, 0.05) is 24.7 Å². The zero-order valence-corrected chi connectivity index (χ0v) is 16.8. The Morgan fingerprint density at radius 3 is 2.52 bits per heavy atom. The highest BCUT2D eigenvalue weighted by Crippen LogP contribution is 2.39. The van der Waals surface area contributed by atoms with Crippen molar-refractivity contribution in [1.29, 1.82) is 5.26 Å². The lowest BCUT2D eigenvalue weighted by molar-refractivity contribution is -0.275. The Labute approximate surface area is 179 Å². The minimum Gasteiger partial charge on any atom is -0.506 e. The average molecular weight is 459 g/mol. The minimum absolute atomic E-state index is 0.154. The van der Waals surface area contributed by atoms with Crippen molar-refractivity contribution in [2.75, 3.05) is 7.05 Å². The number of ether oxygens (including phenoxy) is 1. The largest absolute Gasteiger partial charge is 0.573 e. The van der Waals surface area contributed by atoms with E-state index in [0.717, 1.165) is 16.5 Å². The number of amides is 1. The molecule has 0 fully saturated rings. The van der Waals surface area contributed by atoms with Gasteiger partial charge >= 0.3 is 6.36 Å². The van der Waals surface area contributed by atoms with Gasteiger partial charge in [0.05, 0.1) is 5.02 Å². The molecular formula is C20H15ClF4N2O4. The number of aromatic hydroxyl groups is 1. The summed E-state index contributed by atoms with van der Waals surface area (Å²) in [6.45, 7) is 1.47. The lowest BCUT2D eigenvalue weighted by Gasteiger charge is -2.18. The van der Waals surface area contributed by atoms with Crippen LogP contribution < -0.4 is 4.74 Å². The van der Waals surface area contributed by atoms with Gasteiger partial charge in [-0.25, -0.2) is 4.39 Å². The number of nitrogens with zero attached hydrogens (tertiary/aromatic N) is 2. The smallest absolute Gasteiger partial charge is 0.506 e. The number of carbonyl (C=O) groups excluding carboxylic acids is 1. The zero-order valence-electron chi connectivity index (χ0n) is 16.1. The van der Waals surface area contributed by atoms with E-state index in [1.165, 1.54) is 31.3 Å². The van der Waals surface area contributed by atoms with E-state index in [1.54, 1.807) is 6.92 Å². The summed E-state index contributed by atoms with van der Waals surface area (Å²) < 4.78 is 55.1. The average Bonchev–Trinajstić information content (AvgIpc) is 2.67. The van der Waals surface area contributed by atoms with Crippen LogP contribution in [0.3, 0.4) is 0 Å². The molecule has 2 aromatic rings. The Morgan fingerprint density at radius 2 is 1.94 bits per heavy atom. The van der Waals surface area contributed by atoms with Crippen LogP contribution in [0, 0.1) is 24.1 Å². The number of hydrogen-bond acceptors (Lipinski definition) is 5. The molecule has 1 amide bonds. The Kier molecular flexibility index (Phi) is 7.02. The van der Waals surface area contributed by atoms with Crippen molar-refractivity contribution in [1.82, 2.24) is 4.90 Å². The summed E-state index contributed by atoms with van der Waals surface area (Å²) in [4.78, 5) is 13.6. The number of aryl methyl sites for hydroxylation is 1. The Hall–Kier alpha value is -3.45. The first-order valence-electron chi connectivity index (χ1n) is 8.46. The molecule has 0 bridgehead atoms.